The van der Waals surface area contributed by atoms with Gasteiger partial charge in [-0.15, -0.1) is 11.7 Å². The number of rotatable bonds is 4. The highest BCUT2D eigenvalue weighted by Crippen LogP contribution is 2.34. The molecule has 6 nitrogen and oxygen atoms in total. The Labute approximate surface area is 178 Å². The molecule has 5 rings (SSSR count). The lowest BCUT2D eigenvalue weighted by molar-refractivity contribution is 0.311. The predicted molar refractivity (Wildman–Crippen MR) is 116 cm³/mol. The Morgan fingerprint density at radius 3 is 2.68 bits per heavy atom. The maximum Gasteiger partial charge on any atom is 0.153 e. The van der Waals surface area contributed by atoms with Crippen LogP contribution in [0.1, 0.15) is 17.2 Å². The molecule has 4 aromatic rings. The summed E-state index contributed by atoms with van der Waals surface area (Å²) in [5.41, 5.74) is 1.37. The topological polar surface area (TPSA) is 49.6 Å². The van der Waals surface area contributed by atoms with Crippen LogP contribution in [0.25, 0.3) is 16.6 Å². The summed E-state index contributed by atoms with van der Waals surface area (Å²) in [6.45, 7) is 7.48. The lowest BCUT2D eigenvalue weighted by Crippen LogP contribution is -2.45. The summed E-state index contributed by atoms with van der Waals surface area (Å²) in [4.78, 5) is 12.9. The molecule has 1 saturated heterocycles. The molecule has 4 heterocycles. The summed E-state index contributed by atoms with van der Waals surface area (Å²) in [5.74, 6) is -1.25. The number of piperazine rings is 1. The number of pyridine rings is 1. The van der Waals surface area contributed by atoms with Crippen molar-refractivity contribution in [2.45, 2.75) is 5.92 Å². The Morgan fingerprint density at radius 2 is 1.90 bits per heavy atom. The largest absolute Gasteiger partial charge is 0.353 e. The fraction of sp³-hybridized carbons (Fsp3) is 0.261. The van der Waals surface area contributed by atoms with Gasteiger partial charge < -0.3 is 9.80 Å². The van der Waals surface area contributed by atoms with Crippen molar-refractivity contribution in [1.82, 2.24) is 24.5 Å². The number of nitrogens with zero attached hydrogens (tertiary/aromatic N) is 6. The standard InChI is InChI=1S/C23H22F2N6/c1-3-15(22-17(24)13-18-16(23(22)25)5-4-8-26-18)19-14-27-20-6-7-21(28-31(19)20)30-11-9-29(2)10-12-30/h3-8,13-15H,1,9-12H2,2H3/t15-/m1/s1. The number of likely N-dealkylation sites (N-methyl/N-ethyl adjacent to an activating group) is 1. The first-order valence-corrected chi connectivity index (χ1v) is 10.2. The molecular formula is C23H22F2N6. The van der Waals surface area contributed by atoms with Crippen molar-refractivity contribution in [3.63, 3.8) is 0 Å². The summed E-state index contributed by atoms with van der Waals surface area (Å²) in [6.07, 6.45) is 4.65. The van der Waals surface area contributed by atoms with Crippen LogP contribution in [0.15, 0.2) is 55.4 Å². The molecule has 1 atom stereocenters. The molecule has 8 heteroatoms. The Kier molecular flexibility index (Phi) is 4.86. The van der Waals surface area contributed by atoms with E-state index in [2.05, 4.69) is 33.4 Å². The maximum atomic E-state index is 15.4. The van der Waals surface area contributed by atoms with Crippen molar-refractivity contribution in [2.75, 3.05) is 38.1 Å². The lowest BCUT2D eigenvalue weighted by atomic mass is 9.93. The van der Waals surface area contributed by atoms with E-state index >= 15 is 8.78 Å². The number of anilines is 1. The van der Waals surface area contributed by atoms with Gasteiger partial charge in [0.05, 0.1) is 23.3 Å². The van der Waals surface area contributed by atoms with Gasteiger partial charge in [-0.3, -0.25) is 4.98 Å². The lowest BCUT2D eigenvalue weighted by Gasteiger charge is -2.33. The molecular weight excluding hydrogens is 398 g/mol. The molecule has 158 valence electrons. The van der Waals surface area contributed by atoms with E-state index in [4.69, 9.17) is 5.10 Å². The van der Waals surface area contributed by atoms with E-state index in [1.54, 1.807) is 22.8 Å². The summed E-state index contributed by atoms with van der Waals surface area (Å²) >= 11 is 0. The number of fused-ring (bicyclic) bond motifs is 2. The van der Waals surface area contributed by atoms with Gasteiger partial charge in [-0.05, 0) is 31.3 Å². The van der Waals surface area contributed by atoms with E-state index < -0.39 is 17.6 Å². The number of hydrogen-bond acceptors (Lipinski definition) is 5. The summed E-state index contributed by atoms with van der Waals surface area (Å²) in [7, 11) is 2.10. The van der Waals surface area contributed by atoms with Crippen LogP contribution in [0.5, 0.6) is 0 Å². The molecule has 1 fully saturated rings. The minimum absolute atomic E-state index is 0.0795. The third-order valence-corrected chi connectivity index (χ3v) is 5.90. The zero-order chi connectivity index (χ0) is 21.5. The molecule has 1 aliphatic rings. The predicted octanol–water partition coefficient (Wildman–Crippen LogP) is 3.63. The van der Waals surface area contributed by atoms with Crippen LogP contribution in [0.2, 0.25) is 0 Å². The van der Waals surface area contributed by atoms with E-state index in [-0.39, 0.29) is 16.5 Å². The number of hydrogen-bond donors (Lipinski definition) is 0. The maximum absolute atomic E-state index is 15.4. The summed E-state index contributed by atoms with van der Waals surface area (Å²) in [5, 5.41) is 5.03. The monoisotopic (exact) mass is 420 g/mol. The van der Waals surface area contributed by atoms with E-state index in [0.717, 1.165) is 32.0 Å². The fourth-order valence-corrected chi connectivity index (χ4v) is 4.14. The van der Waals surface area contributed by atoms with Gasteiger partial charge in [-0.2, -0.15) is 0 Å². The first-order chi connectivity index (χ1) is 15.1. The molecule has 0 spiro atoms. The molecule has 0 N–H and O–H groups in total. The third-order valence-electron chi connectivity index (χ3n) is 5.90. The van der Waals surface area contributed by atoms with Crippen molar-refractivity contribution >= 4 is 22.4 Å². The van der Waals surface area contributed by atoms with Crippen LogP contribution in [-0.2, 0) is 0 Å². The van der Waals surface area contributed by atoms with Crippen LogP contribution < -0.4 is 4.90 Å². The fourth-order valence-electron chi connectivity index (χ4n) is 4.14. The van der Waals surface area contributed by atoms with Crippen LogP contribution >= 0.6 is 0 Å². The van der Waals surface area contributed by atoms with E-state index in [0.29, 0.717) is 11.3 Å². The van der Waals surface area contributed by atoms with Crippen molar-refractivity contribution in [2.24, 2.45) is 0 Å². The zero-order valence-electron chi connectivity index (χ0n) is 17.2. The smallest absolute Gasteiger partial charge is 0.153 e. The highest BCUT2D eigenvalue weighted by atomic mass is 19.1. The van der Waals surface area contributed by atoms with Crippen molar-refractivity contribution in [3.05, 3.63) is 78.3 Å². The van der Waals surface area contributed by atoms with Gasteiger partial charge in [0.15, 0.2) is 5.65 Å². The minimum Gasteiger partial charge on any atom is -0.353 e. The van der Waals surface area contributed by atoms with Gasteiger partial charge in [0.1, 0.15) is 17.5 Å². The molecule has 1 aromatic carbocycles. The minimum atomic E-state index is -0.755. The molecule has 3 aromatic heterocycles. The number of allylic oxidation sites excluding steroid dienone is 1. The SMILES string of the molecule is C=C[C@@H](c1c(F)cc2ncccc2c1F)c1cnc2ccc(N3CCN(C)CC3)nn12. The first-order valence-electron chi connectivity index (χ1n) is 10.2. The highest BCUT2D eigenvalue weighted by molar-refractivity contribution is 5.80. The Hall–Kier alpha value is -3.39. The average molecular weight is 420 g/mol. The molecule has 0 bridgehead atoms. The second kappa shape index (κ2) is 7.70. The zero-order valence-corrected chi connectivity index (χ0v) is 17.2. The Morgan fingerprint density at radius 1 is 1.10 bits per heavy atom. The quantitative estimate of drug-likeness (QED) is 0.472. The van der Waals surface area contributed by atoms with Crippen molar-refractivity contribution in [1.29, 1.82) is 0 Å². The van der Waals surface area contributed by atoms with Gasteiger partial charge in [0.2, 0.25) is 0 Å². The first kappa shape index (κ1) is 19.6. The summed E-state index contributed by atoms with van der Waals surface area (Å²) in [6, 6.07) is 8.30. The molecule has 31 heavy (non-hydrogen) atoms. The van der Waals surface area contributed by atoms with Gasteiger partial charge in [0.25, 0.3) is 0 Å². The van der Waals surface area contributed by atoms with Crippen LogP contribution in [0.4, 0.5) is 14.6 Å². The van der Waals surface area contributed by atoms with Gasteiger partial charge >= 0.3 is 0 Å². The highest BCUT2D eigenvalue weighted by Gasteiger charge is 2.26. The van der Waals surface area contributed by atoms with Crippen LogP contribution in [0, 0.1) is 11.6 Å². The molecule has 0 unspecified atom stereocenters. The number of benzene rings is 1. The number of imidazole rings is 1. The van der Waals surface area contributed by atoms with Crippen LogP contribution in [-0.4, -0.2) is 57.7 Å². The second-order valence-electron chi connectivity index (χ2n) is 7.80. The molecule has 0 saturated carbocycles. The van der Waals surface area contributed by atoms with Gasteiger partial charge in [0, 0.05) is 49.4 Å². The summed E-state index contributed by atoms with van der Waals surface area (Å²) < 4.78 is 32.1. The number of aromatic nitrogens is 4. The molecule has 0 amide bonds. The normalized spacial score (nSPS) is 16.2. The Bertz CT molecular complexity index is 1280. The van der Waals surface area contributed by atoms with Gasteiger partial charge in [-0.25, -0.2) is 18.3 Å². The molecule has 0 aliphatic carbocycles. The Balaban J connectivity index is 1.62. The van der Waals surface area contributed by atoms with E-state index in [1.807, 2.05) is 12.1 Å². The second-order valence-corrected chi connectivity index (χ2v) is 7.80. The third kappa shape index (κ3) is 3.33. The average Bonchev–Trinajstić information content (AvgIpc) is 3.20. The van der Waals surface area contributed by atoms with E-state index in [1.165, 1.54) is 18.3 Å². The van der Waals surface area contributed by atoms with Gasteiger partial charge in [-0.1, -0.05) is 6.08 Å². The van der Waals surface area contributed by atoms with Crippen molar-refractivity contribution in [3.8, 4) is 0 Å². The molecule has 1 aliphatic heterocycles. The van der Waals surface area contributed by atoms with E-state index in [9.17, 15) is 0 Å². The molecule has 0 radical (unpaired) electrons. The van der Waals surface area contributed by atoms with Crippen LogP contribution in [0.3, 0.4) is 0 Å². The number of halogens is 2. The van der Waals surface area contributed by atoms with Crippen molar-refractivity contribution < 1.29 is 8.78 Å².